The SMILES string of the molecule is CC(C)(C)OC(=O)N1CC=C(n2ccc3c(N)ncnc32)CC1. The molecule has 1 aliphatic rings. The third kappa shape index (κ3) is 3.13. The minimum Gasteiger partial charge on any atom is -0.444 e. The number of nitrogens with two attached hydrogens (primary N) is 1. The van der Waals surface area contributed by atoms with Gasteiger partial charge in [0.1, 0.15) is 23.4 Å². The number of fused-ring (bicyclic) bond motifs is 1. The minimum atomic E-state index is -0.480. The lowest BCUT2D eigenvalue weighted by molar-refractivity contribution is 0.0269. The highest BCUT2D eigenvalue weighted by Gasteiger charge is 2.24. The van der Waals surface area contributed by atoms with Gasteiger partial charge in [-0.1, -0.05) is 0 Å². The van der Waals surface area contributed by atoms with Gasteiger partial charge in [-0.3, -0.25) is 0 Å². The second-order valence-electron chi connectivity index (χ2n) is 6.55. The highest BCUT2D eigenvalue weighted by molar-refractivity contribution is 5.88. The number of hydrogen-bond acceptors (Lipinski definition) is 5. The first kappa shape index (κ1) is 15.3. The van der Waals surface area contributed by atoms with Crippen LogP contribution in [0.5, 0.6) is 0 Å². The quantitative estimate of drug-likeness (QED) is 0.873. The van der Waals surface area contributed by atoms with Crippen molar-refractivity contribution in [1.82, 2.24) is 19.4 Å². The molecule has 7 nitrogen and oxygen atoms in total. The largest absolute Gasteiger partial charge is 0.444 e. The van der Waals surface area contributed by atoms with Crippen molar-refractivity contribution < 1.29 is 9.53 Å². The smallest absolute Gasteiger partial charge is 0.410 e. The lowest BCUT2D eigenvalue weighted by Crippen LogP contribution is -2.39. The molecule has 0 spiro atoms. The van der Waals surface area contributed by atoms with E-state index in [1.54, 1.807) is 4.90 Å². The van der Waals surface area contributed by atoms with Crippen LogP contribution in [-0.4, -0.2) is 44.2 Å². The van der Waals surface area contributed by atoms with Crippen molar-refractivity contribution >= 4 is 28.6 Å². The number of nitrogen functional groups attached to an aromatic ring is 1. The molecule has 0 saturated heterocycles. The molecule has 2 N–H and O–H groups in total. The van der Waals surface area contributed by atoms with Gasteiger partial charge in [0.05, 0.1) is 5.39 Å². The molecule has 0 aliphatic carbocycles. The van der Waals surface area contributed by atoms with Crippen molar-refractivity contribution in [3.05, 3.63) is 24.7 Å². The summed E-state index contributed by atoms with van der Waals surface area (Å²) in [6.45, 7) is 6.73. The zero-order valence-electron chi connectivity index (χ0n) is 13.6. The molecule has 23 heavy (non-hydrogen) atoms. The fourth-order valence-corrected chi connectivity index (χ4v) is 2.57. The normalized spacial score (nSPS) is 15.6. The molecule has 0 radical (unpaired) electrons. The van der Waals surface area contributed by atoms with Crippen LogP contribution < -0.4 is 5.73 Å². The summed E-state index contributed by atoms with van der Waals surface area (Å²) in [6, 6.07) is 1.91. The van der Waals surface area contributed by atoms with E-state index in [0.29, 0.717) is 18.9 Å². The molecule has 0 fully saturated rings. The maximum Gasteiger partial charge on any atom is 0.410 e. The summed E-state index contributed by atoms with van der Waals surface area (Å²) in [6.07, 6.45) is 5.87. The summed E-state index contributed by atoms with van der Waals surface area (Å²) in [5.41, 5.74) is 7.27. The van der Waals surface area contributed by atoms with Gasteiger partial charge in [0.15, 0.2) is 0 Å². The first-order valence-corrected chi connectivity index (χ1v) is 7.60. The van der Waals surface area contributed by atoms with Crippen molar-refractivity contribution in [1.29, 1.82) is 0 Å². The number of amides is 1. The predicted octanol–water partition coefficient (Wildman–Crippen LogP) is 2.50. The molecule has 1 amide bonds. The topological polar surface area (TPSA) is 86.3 Å². The molecule has 122 valence electrons. The number of anilines is 1. The summed E-state index contributed by atoms with van der Waals surface area (Å²) >= 11 is 0. The van der Waals surface area contributed by atoms with Crippen LogP contribution in [0.25, 0.3) is 16.7 Å². The van der Waals surface area contributed by atoms with Crippen LogP contribution in [0.1, 0.15) is 27.2 Å². The Labute approximate surface area is 134 Å². The monoisotopic (exact) mass is 315 g/mol. The van der Waals surface area contributed by atoms with Gasteiger partial charge in [-0.05, 0) is 32.9 Å². The van der Waals surface area contributed by atoms with E-state index in [-0.39, 0.29) is 6.09 Å². The third-order valence-electron chi connectivity index (χ3n) is 3.66. The fourth-order valence-electron chi connectivity index (χ4n) is 2.57. The molecule has 0 unspecified atom stereocenters. The van der Waals surface area contributed by atoms with Gasteiger partial charge in [-0.25, -0.2) is 14.8 Å². The molecule has 0 atom stereocenters. The Bertz CT molecular complexity index is 772. The lowest BCUT2D eigenvalue weighted by atomic mass is 10.2. The van der Waals surface area contributed by atoms with Crippen LogP contribution in [0.2, 0.25) is 0 Å². The van der Waals surface area contributed by atoms with Crippen LogP contribution in [0.4, 0.5) is 10.6 Å². The maximum absolute atomic E-state index is 12.1. The number of carbonyl (C=O) groups is 1. The molecule has 2 aromatic rings. The Hall–Kier alpha value is -2.57. The zero-order valence-corrected chi connectivity index (χ0v) is 13.6. The predicted molar refractivity (Wildman–Crippen MR) is 88.6 cm³/mol. The summed E-state index contributed by atoms with van der Waals surface area (Å²) < 4.78 is 7.40. The zero-order chi connectivity index (χ0) is 16.6. The summed E-state index contributed by atoms with van der Waals surface area (Å²) in [5, 5.41) is 0.836. The van der Waals surface area contributed by atoms with Crippen LogP contribution >= 0.6 is 0 Å². The Balaban J connectivity index is 1.79. The van der Waals surface area contributed by atoms with Crippen molar-refractivity contribution in [2.75, 3.05) is 18.8 Å². The molecule has 0 saturated carbocycles. The van der Waals surface area contributed by atoms with Gasteiger partial charge in [0.2, 0.25) is 0 Å². The average Bonchev–Trinajstić information content (AvgIpc) is 2.91. The highest BCUT2D eigenvalue weighted by Crippen LogP contribution is 2.25. The minimum absolute atomic E-state index is 0.281. The van der Waals surface area contributed by atoms with Gasteiger partial charge >= 0.3 is 6.09 Å². The van der Waals surface area contributed by atoms with Gasteiger partial charge in [-0.15, -0.1) is 0 Å². The van der Waals surface area contributed by atoms with Crippen LogP contribution in [0.3, 0.4) is 0 Å². The van der Waals surface area contributed by atoms with Crippen LogP contribution in [0.15, 0.2) is 24.7 Å². The second kappa shape index (κ2) is 5.57. The van der Waals surface area contributed by atoms with Crippen molar-refractivity contribution in [3.63, 3.8) is 0 Å². The van der Waals surface area contributed by atoms with E-state index < -0.39 is 5.60 Å². The summed E-state index contributed by atoms with van der Waals surface area (Å²) in [7, 11) is 0. The number of nitrogens with zero attached hydrogens (tertiary/aromatic N) is 4. The fraction of sp³-hybridized carbons (Fsp3) is 0.438. The molecule has 2 aromatic heterocycles. The number of aromatic nitrogens is 3. The number of rotatable bonds is 1. The first-order valence-electron chi connectivity index (χ1n) is 7.60. The maximum atomic E-state index is 12.1. The number of ether oxygens (including phenoxy) is 1. The molecule has 3 heterocycles. The Morgan fingerprint density at radius 2 is 2.13 bits per heavy atom. The Kier molecular flexibility index (Phi) is 3.71. The van der Waals surface area contributed by atoms with Crippen molar-refractivity contribution in [2.24, 2.45) is 0 Å². The van der Waals surface area contributed by atoms with Gasteiger partial charge in [0, 0.05) is 31.4 Å². The Morgan fingerprint density at radius 3 is 2.78 bits per heavy atom. The average molecular weight is 315 g/mol. The van der Waals surface area contributed by atoms with Crippen molar-refractivity contribution in [2.45, 2.75) is 32.8 Å². The number of hydrogen-bond donors (Lipinski definition) is 1. The molecule has 1 aliphatic heterocycles. The van der Waals surface area contributed by atoms with Crippen LogP contribution in [-0.2, 0) is 4.74 Å². The van der Waals surface area contributed by atoms with E-state index in [0.717, 1.165) is 23.2 Å². The first-order chi connectivity index (χ1) is 10.8. The summed E-state index contributed by atoms with van der Waals surface area (Å²) in [4.78, 5) is 22.1. The van der Waals surface area contributed by atoms with E-state index in [1.807, 2.05) is 43.7 Å². The van der Waals surface area contributed by atoms with E-state index in [9.17, 15) is 4.79 Å². The lowest BCUT2D eigenvalue weighted by Gasteiger charge is -2.29. The molecule has 7 heteroatoms. The van der Waals surface area contributed by atoms with E-state index >= 15 is 0 Å². The third-order valence-corrected chi connectivity index (χ3v) is 3.66. The number of carbonyl (C=O) groups excluding carboxylic acids is 1. The molecular weight excluding hydrogens is 294 g/mol. The second-order valence-corrected chi connectivity index (χ2v) is 6.55. The van der Waals surface area contributed by atoms with E-state index in [4.69, 9.17) is 10.5 Å². The highest BCUT2D eigenvalue weighted by atomic mass is 16.6. The van der Waals surface area contributed by atoms with E-state index in [2.05, 4.69) is 9.97 Å². The van der Waals surface area contributed by atoms with Gasteiger partial charge < -0.3 is 19.9 Å². The van der Waals surface area contributed by atoms with Gasteiger partial charge in [0.25, 0.3) is 0 Å². The molecular formula is C16H21N5O2. The van der Waals surface area contributed by atoms with E-state index in [1.165, 1.54) is 6.33 Å². The summed E-state index contributed by atoms with van der Waals surface area (Å²) in [5.74, 6) is 0.473. The van der Waals surface area contributed by atoms with Crippen LogP contribution in [0, 0.1) is 0 Å². The van der Waals surface area contributed by atoms with Crippen molar-refractivity contribution in [3.8, 4) is 0 Å². The Morgan fingerprint density at radius 1 is 1.35 bits per heavy atom. The molecule has 0 bridgehead atoms. The van der Waals surface area contributed by atoms with Gasteiger partial charge in [-0.2, -0.15) is 0 Å². The molecule has 3 rings (SSSR count). The molecule has 0 aromatic carbocycles. The standard InChI is InChI=1S/C16H21N5O2/c1-16(2,3)23-15(22)20-7-4-11(5-8-20)21-9-6-12-13(17)18-10-19-14(12)21/h4,6,9-10H,5,7-8H2,1-3H3,(H2,17,18,19).